The summed E-state index contributed by atoms with van der Waals surface area (Å²) in [5, 5.41) is 4.47. The number of aryl methyl sites for hydroxylation is 1. The summed E-state index contributed by atoms with van der Waals surface area (Å²) < 4.78 is 32.3. The maximum absolute atomic E-state index is 13.5. The van der Waals surface area contributed by atoms with Crippen molar-refractivity contribution in [3.8, 4) is 11.3 Å². The molecule has 0 atom stereocenters. The maximum atomic E-state index is 13.5. The molecular formula is C18H17ClF2N2O2. The third-order valence-electron chi connectivity index (χ3n) is 5.42. The third-order valence-corrected chi connectivity index (χ3v) is 5.75. The molecule has 1 spiro atoms. The Kier molecular flexibility index (Phi) is 3.65. The zero-order valence-corrected chi connectivity index (χ0v) is 14.4. The zero-order chi connectivity index (χ0) is 17.8. The summed E-state index contributed by atoms with van der Waals surface area (Å²) in [6.45, 7) is 2.31. The van der Waals surface area contributed by atoms with Crippen molar-refractivity contribution in [2.24, 2.45) is 5.41 Å². The molecule has 132 valence electrons. The van der Waals surface area contributed by atoms with Crippen LogP contribution in [0.5, 0.6) is 0 Å². The smallest absolute Gasteiger partial charge is 0.259 e. The fourth-order valence-electron chi connectivity index (χ4n) is 3.68. The van der Waals surface area contributed by atoms with Crippen LogP contribution in [0.3, 0.4) is 0 Å². The van der Waals surface area contributed by atoms with Gasteiger partial charge in [0.1, 0.15) is 17.0 Å². The van der Waals surface area contributed by atoms with Gasteiger partial charge in [0.2, 0.25) is 0 Å². The van der Waals surface area contributed by atoms with E-state index in [2.05, 4.69) is 5.16 Å². The quantitative estimate of drug-likeness (QED) is 0.782. The summed E-state index contributed by atoms with van der Waals surface area (Å²) in [5.41, 5.74) is 0.474. The fourth-order valence-corrected chi connectivity index (χ4v) is 3.91. The van der Waals surface area contributed by atoms with Gasteiger partial charge in [0.05, 0.1) is 5.02 Å². The average molecular weight is 367 g/mol. The highest BCUT2D eigenvalue weighted by Gasteiger charge is 2.70. The van der Waals surface area contributed by atoms with Gasteiger partial charge in [0.25, 0.3) is 11.8 Å². The molecule has 1 aliphatic carbocycles. The first-order valence-corrected chi connectivity index (χ1v) is 8.61. The van der Waals surface area contributed by atoms with Crippen molar-refractivity contribution in [1.82, 2.24) is 10.1 Å². The molecule has 2 fully saturated rings. The lowest BCUT2D eigenvalue weighted by molar-refractivity contribution is 0.0284. The predicted molar refractivity (Wildman–Crippen MR) is 88.8 cm³/mol. The molecule has 1 saturated heterocycles. The Labute approximate surface area is 148 Å². The lowest BCUT2D eigenvalue weighted by atomic mass is 9.92. The van der Waals surface area contributed by atoms with Crippen LogP contribution in [0.1, 0.15) is 35.4 Å². The number of aromatic nitrogens is 1. The summed E-state index contributed by atoms with van der Waals surface area (Å²) in [6.07, 6.45) is 0.605. The number of carbonyl (C=O) groups excluding carboxylic acids is 1. The molecule has 1 amide bonds. The van der Waals surface area contributed by atoms with E-state index in [1.54, 1.807) is 36.1 Å². The van der Waals surface area contributed by atoms with E-state index in [1.165, 1.54) is 0 Å². The van der Waals surface area contributed by atoms with Crippen LogP contribution in [-0.2, 0) is 0 Å². The summed E-state index contributed by atoms with van der Waals surface area (Å²) in [4.78, 5) is 14.6. The van der Waals surface area contributed by atoms with Crippen molar-refractivity contribution in [3.63, 3.8) is 0 Å². The molecule has 1 saturated carbocycles. The van der Waals surface area contributed by atoms with Gasteiger partial charge < -0.3 is 9.42 Å². The first-order valence-electron chi connectivity index (χ1n) is 8.23. The standard InChI is InChI=1S/C18H17ClF2N2O2/c1-11-14(15(22-25-11)12-4-2-3-5-13(12)19)16(24)23-8-6-17(7-9-23)10-18(17,20)21/h2-5H,6-10H2,1H3. The highest BCUT2D eigenvalue weighted by atomic mass is 35.5. The Morgan fingerprint density at radius 2 is 1.92 bits per heavy atom. The molecule has 25 heavy (non-hydrogen) atoms. The second-order valence-corrected chi connectivity index (χ2v) is 7.30. The first-order chi connectivity index (χ1) is 11.8. The summed E-state index contributed by atoms with van der Waals surface area (Å²) in [7, 11) is 0. The monoisotopic (exact) mass is 366 g/mol. The maximum Gasteiger partial charge on any atom is 0.259 e. The molecule has 1 aromatic carbocycles. The molecule has 2 aromatic rings. The van der Waals surface area contributed by atoms with E-state index in [0.29, 0.717) is 53.5 Å². The number of rotatable bonds is 2. The topological polar surface area (TPSA) is 46.3 Å². The van der Waals surface area contributed by atoms with E-state index in [0.717, 1.165) is 0 Å². The van der Waals surface area contributed by atoms with E-state index in [-0.39, 0.29) is 12.3 Å². The number of nitrogens with zero attached hydrogens (tertiary/aromatic N) is 2. The Balaban J connectivity index is 1.60. The number of hydrogen-bond donors (Lipinski definition) is 0. The number of hydrogen-bond acceptors (Lipinski definition) is 3. The van der Waals surface area contributed by atoms with Gasteiger partial charge in [-0.3, -0.25) is 4.79 Å². The first kappa shape index (κ1) is 16.5. The highest BCUT2D eigenvalue weighted by molar-refractivity contribution is 6.33. The van der Waals surface area contributed by atoms with Gasteiger partial charge in [-0.25, -0.2) is 8.78 Å². The zero-order valence-electron chi connectivity index (χ0n) is 13.7. The second-order valence-electron chi connectivity index (χ2n) is 6.90. The van der Waals surface area contributed by atoms with Crippen LogP contribution in [0.2, 0.25) is 5.02 Å². The van der Waals surface area contributed by atoms with Crippen LogP contribution in [0.25, 0.3) is 11.3 Å². The molecule has 2 aliphatic rings. The normalized spacial score (nSPS) is 20.7. The third kappa shape index (κ3) is 2.54. The number of alkyl halides is 2. The molecule has 2 heterocycles. The summed E-state index contributed by atoms with van der Waals surface area (Å²) >= 11 is 6.22. The molecule has 0 radical (unpaired) electrons. The van der Waals surface area contributed by atoms with Crippen molar-refractivity contribution in [3.05, 3.63) is 40.6 Å². The molecule has 1 aliphatic heterocycles. The van der Waals surface area contributed by atoms with Crippen LogP contribution < -0.4 is 0 Å². The average Bonchev–Trinajstić information content (AvgIpc) is 2.91. The van der Waals surface area contributed by atoms with E-state index in [1.807, 2.05) is 0 Å². The molecule has 0 unspecified atom stereocenters. The largest absolute Gasteiger partial charge is 0.360 e. The van der Waals surface area contributed by atoms with Crippen LogP contribution in [-0.4, -0.2) is 35.0 Å². The van der Waals surface area contributed by atoms with Crippen molar-refractivity contribution < 1.29 is 18.1 Å². The summed E-state index contributed by atoms with van der Waals surface area (Å²) in [5.74, 6) is -2.41. The van der Waals surface area contributed by atoms with Crippen molar-refractivity contribution in [2.75, 3.05) is 13.1 Å². The molecule has 4 rings (SSSR count). The fraction of sp³-hybridized carbons (Fsp3) is 0.444. The molecular weight excluding hydrogens is 350 g/mol. The van der Waals surface area contributed by atoms with Gasteiger partial charge in [-0.2, -0.15) is 0 Å². The molecule has 7 heteroatoms. The van der Waals surface area contributed by atoms with E-state index < -0.39 is 11.3 Å². The minimum absolute atomic E-state index is 0.0564. The minimum Gasteiger partial charge on any atom is -0.360 e. The second kappa shape index (κ2) is 5.53. The van der Waals surface area contributed by atoms with E-state index in [4.69, 9.17) is 16.1 Å². The molecule has 1 aromatic heterocycles. The highest BCUT2D eigenvalue weighted by Crippen LogP contribution is 2.65. The number of benzene rings is 1. The van der Waals surface area contributed by atoms with Crippen LogP contribution in [0.15, 0.2) is 28.8 Å². The van der Waals surface area contributed by atoms with E-state index in [9.17, 15) is 13.6 Å². The number of amides is 1. The van der Waals surface area contributed by atoms with Crippen molar-refractivity contribution >= 4 is 17.5 Å². The number of likely N-dealkylation sites (tertiary alicyclic amines) is 1. The number of piperidine rings is 1. The van der Waals surface area contributed by atoms with E-state index >= 15 is 0 Å². The van der Waals surface area contributed by atoms with Gasteiger partial charge in [0, 0.05) is 30.5 Å². The Hall–Kier alpha value is -1.95. The minimum atomic E-state index is -2.57. The molecule has 4 nitrogen and oxygen atoms in total. The van der Waals surface area contributed by atoms with Gasteiger partial charge in [-0.15, -0.1) is 0 Å². The van der Waals surface area contributed by atoms with Gasteiger partial charge in [-0.05, 0) is 25.8 Å². The van der Waals surface area contributed by atoms with Crippen molar-refractivity contribution in [1.29, 1.82) is 0 Å². The summed E-state index contributed by atoms with van der Waals surface area (Å²) in [6, 6.07) is 7.08. The lowest BCUT2D eigenvalue weighted by Gasteiger charge is -2.32. The molecule has 0 bridgehead atoms. The van der Waals surface area contributed by atoms with Gasteiger partial charge >= 0.3 is 0 Å². The van der Waals surface area contributed by atoms with Crippen LogP contribution >= 0.6 is 11.6 Å². The Morgan fingerprint density at radius 1 is 1.28 bits per heavy atom. The Morgan fingerprint density at radius 3 is 2.52 bits per heavy atom. The number of halogens is 3. The predicted octanol–water partition coefficient (Wildman–Crippen LogP) is 4.56. The SMILES string of the molecule is Cc1onc(-c2ccccc2Cl)c1C(=O)N1CCC2(CC1)CC2(F)F. The Bertz CT molecular complexity index is 841. The number of carbonyl (C=O) groups is 1. The van der Waals surface area contributed by atoms with Gasteiger partial charge in [-0.1, -0.05) is 35.0 Å². The van der Waals surface area contributed by atoms with Gasteiger partial charge in [0.15, 0.2) is 0 Å². The lowest BCUT2D eigenvalue weighted by Crippen LogP contribution is -2.40. The van der Waals surface area contributed by atoms with Crippen LogP contribution in [0, 0.1) is 12.3 Å². The molecule has 0 N–H and O–H groups in total. The van der Waals surface area contributed by atoms with Crippen molar-refractivity contribution in [2.45, 2.75) is 32.1 Å². The van der Waals surface area contributed by atoms with Crippen LogP contribution in [0.4, 0.5) is 8.78 Å².